The molecule has 4 aliphatic rings. The number of H-pyrrole nitrogens is 2. The molecule has 4 aliphatic carbocycles. The van der Waals surface area contributed by atoms with E-state index in [2.05, 4.69) is 25.9 Å². The van der Waals surface area contributed by atoms with Crippen molar-refractivity contribution in [3.8, 4) is 0 Å². The highest BCUT2D eigenvalue weighted by molar-refractivity contribution is 6.07. The third kappa shape index (κ3) is 8.73. The molecule has 4 saturated carbocycles. The van der Waals surface area contributed by atoms with Gasteiger partial charge in [0.15, 0.2) is 0 Å². The van der Waals surface area contributed by atoms with Crippen molar-refractivity contribution in [3.05, 3.63) is 71.0 Å². The maximum atomic E-state index is 14.7. The molecule has 2 aromatic heterocycles. The molecule has 4 aromatic rings. The number of para-hydroxylation sites is 2. The fourth-order valence-electron chi connectivity index (χ4n) is 11.6. The van der Waals surface area contributed by atoms with Crippen molar-refractivity contribution in [2.45, 2.75) is 64.6 Å². The highest BCUT2D eigenvalue weighted by atomic mass is 16.5. The van der Waals surface area contributed by atoms with Gasteiger partial charge in [-0.1, -0.05) is 36.4 Å². The molecule has 336 valence electrons. The molecule has 10 atom stereocenters. The van der Waals surface area contributed by atoms with E-state index >= 15 is 0 Å². The van der Waals surface area contributed by atoms with E-state index in [1.165, 1.54) is 0 Å². The molecule has 4 amide bonds. The SMILES string of the molecule is Cc1[nH]c2ccccc2c1C(=O)OC1CC2CC1C(C(=O)NC(=O)C1C3CC(CC3OC(=O)c3c(C)[nH]c4ccccc34)C1C(=O)NCCCN(C)C)C2C(=O)NCCCN(C)C. The minimum absolute atomic E-state index is 0.253. The molecule has 0 radical (unpaired) electrons. The third-order valence-electron chi connectivity index (χ3n) is 14.2. The zero-order valence-electron chi connectivity index (χ0n) is 37.1. The Balaban J connectivity index is 1.03. The van der Waals surface area contributed by atoms with Crippen LogP contribution in [0.1, 0.15) is 70.6 Å². The van der Waals surface area contributed by atoms with Gasteiger partial charge < -0.3 is 39.9 Å². The summed E-state index contributed by atoms with van der Waals surface area (Å²) < 4.78 is 12.4. The molecule has 10 unspecified atom stereocenters. The van der Waals surface area contributed by atoms with Gasteiger partial charge in [-0.05, 0) is 118 Å². The van der Waals surface area contributed by atoms with Crippen LogP contribution in [0.25, 0.3) is 21.8 Å². The number of rotatable bonds is 16. The lowest BCUT2D eigenvalue weighted by Gasteiger charge is -2.36. The van der Waals surface area contributed by atoms with E-state index in [0.717, 1.165) is 34.9 Å². The van der Waals surface area contributed by atoms with Crippen molar-refractivity contribution in [1.82, 2.24) is 35.7 Å². The second kappa shape index (κ2) is 18.3. The summed E-state index contributed by atoms with van der Waals surface area (Å²) in [5.74, 6) is -7.72. The highest BCUT2D eigenvalue weighted by Crippen LogP contribution is 2.56. The minimum Gasteiger partial charge on any atom is -0.458 e. The molecule has 2 heterocycles. The number of aromatic nitrogens is 2. The summed E-state index contributed by atoms with van der Waals surface area (Å²) in [6.45, 7) is 6.02. The number of nitrogens with zero attached hydrogens (tertiary/aromatic N) is 2. The van der Waals surface area contributed by atoms with E-state index in [1.807, 2.05) is 100 Å². The van der Waals surface area contributed by atoms with Gasteiger partial charge in [0.1, 0.15) is 12.2 Å². The summed E-state index contributed by atoms with van der Waals surface area (Å²) in [6, 6.07) is 15.0. The zero-order valence-corrected chi connectivity index (χ0v) is 37.1. The molecule has 15 heteroatoms. The molecule has 63 heavy (non-hydrogen) atoms. The van der Waals surface area contributed by atoms with Crippen LogP contribution in [0.15, 0.2) is 48.5 Å². The molecule has 0 spiro atoms. The second-order valence-electron chi connectivity index (χ2n) is 18.9. The van der Waals surface area contributed by atoms with Gasteiger partial charge >= 0.3 is 11.9 Å². The molecular weight excluding hydrogens is 803 g/mol. The number of fused-ring (bicyclic) bond motifs is 6. The highest BCUT2D eigenvalue weighted by Gasteiger charge is 2.62. The Morgan fingerprint density at radius 2 is 0.968 bits per heavy atom. The smallest absolute Gasteiger partial charge is 0.340 e. The summed E-state index contributed by atoms with van der Waals surface area (Å²) in [5, 5.41) is 10.2. The first-order valence-electron chi connectivity index (χ1n) is 22.5. The first kappa shape index (κ1) is 44.1. The van der Waals surface area contributed by atoms with Crippen LogP contribution in [0.2, 0.25) is 0 Å². The lowest BCUT2D eigenvalue weighted by atomic mass is 9.75. The number of imide groups is 1. The Bertz CT molecular complexity index is 2240. The number of aryl methyl sites for hydroxylation is 2. The summed E-state index contributed by atoms with van der Waals surface area (Å²) in [4.78, 5) is 95.7. The number of nitrogens with one attached hydrogen (secondary N) is 5. The van der Waals surface area contributed by atoms with Gasteiger partial charge in [0.25, 0.3) is 0 Å². The number of ether oxygens (including phenoxy) is 2. The molecule has 8 rings (SSSR count). The average molecular weight is 864 g/mol. The Kier molecular flexibility index (Phi) is 12.8. The number of carbonyl (C=O) groups is 6. The first-order valence-corrected chi connectivity index (χ1v) is 22.5. The predicted molar refractivity (Wildman–Crippen MR) is 236 cm³/mol. The molecule has 0 aliphatic heterocycles. The Hall–Kier alpha value is -5.54. The van der Waals surface area contributed by atoms with Gasteiger partial charge in [0.05, 0.1) is 34.8 Å². The van der Waals surface area contributed by atoms with E-state index in [-0.39, 0.29) is 23.7 Å². The zero-order chi connectivity index (χ0) is 44.7. The summed E-state index contributed by atoms with van der Waals surface area (Å²) >= 11 is 0. The topological polar surface area (TPSA) is 195 Å². The monoisotopic (exact) mass is 863 g/mol. The Labute approximate surface area is 367 Å². The van der Waals surface area contributed by atoms with Crippen molar-refractivity contribution < 1.29 is 38.2 Å². The number of hydrogen-bond donors (Lipinski definition) is 5. The van der Waals surface area contributed by atoms with Crippen LogP contribution in [-0.2, 0) is 28.7 Å². The van der Waals surface area contributed by atoms with Crippen LogP contribution in [0.5, 0.6) is 0 Å². The van der Waals surface area contributed by atoms with Crippen LogP contribution in [0, 0.1) is 61.2 Å². The van der Waals surface area contributed by atoms with E-state index in [9.17, 15) is 28.8 Å². The van der Waals surface area contributed by atoms with Crippen molar-refractivity contribution in [1.29, 1.82) is 0 Å². The van der Waals surface area contributed by atoms with Gasteiger partial charge in [0, 0.05) is 58.1 Å². The van der Waals surface area contributed by atoms with Gasteiger partial charge in [0.2, 0.25) is 23.6 Å². The van der Waals surface area contributed by atoms with Crippen molar-refractivity contribution in [2.24, 2.45) is 47.3 Å². The second-order valence-corrected chi connectivity index (χ2v) is 18.9. The van der Waals surface area contributed by atoms with Gasteiger partial charge in [-0.15, -0.1) is 0 Å². The quantitative estimate of drug-likeness (QED) is 0.0615. The summed E-state index contributed by atoms with van der Waals surface area (Å²) in [5.41, 5.74) is 3.81. The fourth-order valence-corrected chi connectivity index (χ4v) is 11.6. The maximum Gasteiger partial charge on any atom is 0.340 e. The van der Waals surface area contributed by atoms with Crippen molar-refractivity contribution in [2.75, 3.05) is 54.4 Å². The third-order valence-corrected chi connectivity index (χ3v) is 14.2. The van der Waals surface area contributed by atoms with E-state index in [1.54, 1.807) is 0 Å². The van der Waals surface area contributed by atoms with Crippen LogP contribution >= 0.6 is 0 Å². The lowest BCUT2D eigenvalue weighted by Crippen LogP contribution is -2.53. The number of esters is 2. The molecule has 4 fully saturated rings. The molecule has 4 bridgehead atoms. The predicted octanol–water partition coefficient (Wildman–Crippen LogP) is 4.34. The number of hydrogen-bond acceptors (Lipinski definition) is 10. The van der Waals surface area contributed by atoms with Crippen LogP contribution in [-0.4, -0.2) is 122 Å². The van der Waals surface area contributed by atoms with Gasteiger partial charge in [-0.25, -0.2) is 9.59 Å². The Morgan fingerprint density at radius 3 is 1.37 bits per heavy atom. The number of amides is 4. The van der Waals surface area contributed by atoms with Crippen LogP contribution < -0.4 is 16.0 Å². The summed E-state index contributed by atoms with van der Waals surface area (Å²) in [6.07, 6.45) is 1.90. The first-order chi connectivity index (χ1) is 30.2. The van der Waals surface area contributed by atoms with Gasteiger partial charge in [-0.3, -0.25) is 24.5 Å². The number of carbonyl (C=O) groups excluding carboxylic acids is 6. The van der Waals surface area contributed by atoms with E-state index < -0.39 is 71.5 Å². The molecule has 15 nitrogen and oxygen atoms in total. The fraction of sp³-hybridized carbons (Fsp3) is 0.542. The van der Waals surface area contributed by atoms with Crippen molar-refractivity contribution in [3.63, 3.8) is 0 Å². The molecular formula is C48H61N7O8. The summed E-state index contributed by atoms with van der Waals surface area (Å²) in [7, 11) is 7.84. The number of benzene rings is 2. The van der Waals surface area contributed by atoms with E-state index in [0.29, 0.717) is 74.1 Å². The maximum absolute atomic E-state index is 14.7. The molecule has 2 aromatic carbocycles. The van der Waals surface area contributed by atoms with E-state index in [4.69, 9.17) is 9.47 Å². The minimum atomic E-state index is -0.959. The normalized spacial score (nSPS) is 27.0. The lowest BCUT2D eigenvalue weighted by molar-refractivity contribution is -0.147. The standard InChI is InChI=1S/C48H61N7O8/c1-25-37(29-13-7-9-15-33(29)51-25)47(60)62-35-23-27-21-31(35)41(39(27)43(56)49-17-11-19-54(3)4)45(58)53-46(59)42-32-22-28(40(42)44(57)50-18-12-20-55(5)6)24-36(32)63-48(61)38-26(2)52-34-16-10-8-14-30(34)38/h7-10,13-16,27-28,31-32,35-36,39-42,51-52H,11-12,17-24H2,1-6H3,(H,49,56)(H,50,57)(H,53,58,59). The van der Waals surface area contributed by atoms with Crippen molar-refractivity contribution >= 4 is 57.4 Å². The largest absolute Gasteiger partial charge is 0.458 e. The van der Waals surface area contributed by atoms with Crippen LogP contribution in [0.4, 0.5) is 0 Å². The average Bonchev–Trinajstić information content (AvgIpc) is 4.09. The number of aromatic amines is 2. The molecule has 5 N–H and O–H groups in total. The van der Waals surface area contributed by atoms with Crippen LogP contribution in [0.3, 0.4) is 0 Å². The van der Waals surface area contributed by atoms with Gasteiger partial charge in [-0.2, -0.15) is 0 Å². The molecule has 0 saturated heterocycles. The Morgan fingerprint density at radius 1 is 0.571 bits per heavy atom.